The highest BCUT2D eigenvalue weighted by Gasteiger charge is 2.50. The minimum absolute atomic E-state index is 0.0783. The van der Waals surface area contributed by atoms with Gasteiger partial charge in [0.25, 0.3) is 0 Å². The van der Waals surface area contributed by atoms with Gasteiger partial charge in [0.05, 0.1) is 54.6 Å². The van der Waals surface area contributed by atoms with Crippen molar-refractivity contribution >= 4 is 35.2 Å². The van der Waals surface area contributed by atoms with Crippen LogP contribution in [0.4, 0.5) is 4.79 Å². The first-order valence-corrected chi connectivity index (χ1v) is 16.6. The predicted molar refractivity (Wildman–Crippen MR) is 182 cm³/mol. The predicted octanol–water partition coefficient (Wildman–Crippen LogP) is 4.25. The first kappa shape index (κ1) is 33.0. The van der Waals surface area contributed by atoms with E-state index < -0.39 is 5.60 Å². The molecule has 3 N–H and O–H groups in total. The maximum atomic E-state index is 11.5. The molecule has 3 saturated heterocycles. The lowest BCUT2D eigenvalue weighted by molar-refractivity contribution is -0.119. The van der Waals surface area contributed by atoms with Gasteiger partial charge in [0.1, 0.15) is 11.4 Å². The van der Waals surface area contributed by atoms with Crippen molar-refractivity contribution in [3.63, 3.8) is 0 Å². The molecule has 5 heterocycles. The van der Waals surface area contributed by atoms with E-state index in [1.54, 1.807) is 26.6 Å². The van der Waals surface area contributed by atoms with Gasteiger partial charge in [-0.25, -0.2) is 14.8 Å². The Morgan fingerprint density at radius 2 is 1.51 bits per heavy atom. The standard InChI is InChI=1S/C34H34Cl2N8O5/c1-47-31-26(12-37-11-19-9-10-28(45)41-19)38-13-24(42-31)22-7-3-5-20(29(22)35)21-6-4-8-23(30(21)36)25-14-39-27(32(43-25)48-2)15-44-17-34(18-44)16-40-33(46)49-34/h3-8,13-14,19,37H,9-12,15-18H2,1-2H3,(H,40,46)(H,41,45)/t19-/m0/s1. The lowest BCUT2D eigenvalue weighted by Crippen LogP contribution is -2.63. The van der Waals surface area contributed by atoms with Gasteiger partial charge < -0.3 is 30.2 Å². The fourth-order valence-corrected chi connectivity index (χ4v) is 7.10. The van der Waals surface area contributed by atoms with Crippen LogP contribution >= 0.6 is 23.2 Å². The van der Waals surface area contributed by atoms with E-state index in [0.717, 1.165) is 6.42 Å². The highest BCUT2D eigenvalue weighted by atomic mass is 35.5. The number of alkyl carbamates (subject to hydrolysis) is 1. The zero-order valence-electron chi connectivity index (χ0n) is 26.9. The first-order chi connectivity index (χ1) is 23.8. The lowest BCUT2D eigenvalue weighted by Gasteiger charge is -2.45. The molecule has 1 atom stereocenters. The molecule has 1 spiro atoms. The second-order valence-electron chi connectivity index (χ2n) is 12.3. The average Bonchev–Trinajstić information content (AvgIpc) is 3.70. The molecule has 0 saturated carbocycles. The largest absolute Gasteiger partial charge is 0.480 e. The molecule has 0 radical (unpaired) electrons. The van der Waals surface area contributed by atoms with E-state index in [4.69, 9.17) is 47.4 Å². The molecule has 4 aromatic rings. The summed E-state index contributed by atoms with van der Waals surface area (Å²) in [5.74, 6) is 0.845. The van der Waals surface area contributed by atoms with Crippen LogP contribution in [0.2, 0.25) is 10.0 Å². The van der Waals surface area contributed by atoms with E-state index in [9.17, 15) is 9.59 Å². The molecule has 0 unspecified atom stereocenters. The van der Waals surface area contributed by atoms with Crippen molar-refractivity contribution in [1.82, 2.24) is 40.8 Å². The Labute approximate surface area is 292 Å². The van der Waals surface area contributed by atoms with Crippen molar-refractivity contribution in [2.45, 2.75) is 37.6 Å². The summed E-state index contributed by atoms with van der Waals surface area (Å²) in [6, 6.07) is 11.4. The minimum atomic E-state index is -0.472. The smallest absolute Gasteiger partial charge is 0.407 e. The minimum Gasteiger partial charge on any atom is -0.480 e. The Morgan fingerprint density at radius 1 is 0.918 bits per heavy atom. The van der Waals surface area contributed by atoms with Crippen LogP contribution in [0.3, 0.4) is 0 Å². The summed E-state index contributed by atoms with van der Waals surface area (Å²) in [6.07, 6.45) is 4.32. The fraction of sp³-hybridized carbons (Fsp3) is 0.353. The van der Waals surface area contributed by atoms with Crippen LogP contribution in [0.15, 0.2) is 48.8 Å². The summed E-state index contributed by atoms with van der Waals surface area (Å²) in [5, 5.41) is 9.90. The van der Waals surface area contributed by atoms with E-state index in [-0.39, 0.29) is 18.0 Å². The van der Waals surface area contributed by atoms with E-state index in [2.05, 4.69) is 30.8 Å². The van der Waals surface area contributed by atoms with Crippen molar-refractivity contribution in [2.24, 2.45) is 0 Å². The van der Waals surface area contributed by atoms with Gasteiger partial charge in [0.2, 0.25) is 17.7 Å². The van der Waals surface area contributed by atoms with Crippen LogP contribution in [0.5, 0.6) is 11.8 Å². The number of benzene rings is 2. The SMILES string of the molecule is COc1nc(-c2cccc(-c3cccc(-c4cnc(CN5CC6(CNC(=O)O6)C5)c(OC)n4)c3Cl)c2Cl)cnc1CNC[C@@H]1CCC(=O)N1. The second-order valence-corrected chi connectivity index (χ2v) is 13.0. The summed E-state index contributed by atoms with van der Waals surface area (Å²) in [4.78, 5) is 43.9. The summed E-state index contributed by atoms with van der Waals surface area (Å²) in [6.45, 7) is 3.27. The van der Waals surface area contributed by atoms with Gasteiger partial charge in [-0.05, 0) is 6.42 Å². The summed E-state index contributed by atoms with van der Waals surface area (Å²) in [5.41, 5.74) is 4.69. The maximum absolute atomic E-state index is 11.5. The van der Waals surface area contributed by atoms with E-state index in [0.29, 0.717) is 113 Å². The third kappa shape index (κ3) is 6.71. The van der Waals surface area contributed by atoms with Gasteiger partial charge in [-0.15, -0.1) is 0 Å². The molecule has 3 aliphatic heterocycles. The number of carbonyl (C=O) groups excluding carboxylic acids is 2. The summed E-state index contributed by atoms with van der Waals surface area (Å²) >= 11 is 14.1. The highest BCUT2D eigenvalue weighted by molar-refractivity contribution is 6.39. The van der Waals surface area contributed by atoms with Crippen molar-refractivity contribution < 1.29 is 23.8 Å². The number of ether oxygens (including phenoxy) is 3. The van der Waals surface area contributed by atoms with Crippen LogP contribution in [-0.4, -0.2) is 88.9 Å². The van der Waals surface area contributed by atoms with Crippen molar-refractivity contribution in [2.75, 3.05) is 40.4 Å². The molecular weight excluding hydrogens is 671 g/mol. The molecule has 13 nitrogen and oxygen atoms in total. The average molecular weight is 706 g/mol. The Hall–Kier alpha value is -4.56. The number of methoxy groups -OCH3 is 2. The number of rotatable bonds is 11. The Morgan fingerprint density at radius 3 is 2.06 bits per heavy atom. The Bertz CT molecular complexity index is 1920. The monoisotopic (exact) mass is 704 g/mol. The number of nitrogens with one attached hydrogen (secondary N) is 3. The van der Waals surface area contributed by atoms with E-state index in [1.807, 2.05) is 36.4 Å². The summed E-state index contributed by atoms with van der Waals surface area (Å²) in [7, 11) is 3.10. The van der Waals surface area contributed by atoms with Crippen LogP contribution in [-0.2, 0) is 22.6 Å². The summed E-state index contributed by atoms with van der Waals surface area (Å²) < 4.78 is 16.6. The van der Waals surface area contributed by atoms with Gasteiger partial charge in [-0.3, -0.25) is 19.7 Å². The lowest BCUT2D eigenvalue weighted by atomic mass is 9.94. The van der Waals surface area contributed by atoms with Crippen LogP contribution in [0.25, 0.3) is 33.6 Å². The molecule has 2 aromatic carbocycles. The third-order valence-electron chi connectivity index (χ3n) is 8.88. The second kappa shape index (κ2) is 13.7. The molecule has 3 aliphatic rings. The third-order valence-corrected chi connectivity index (χ3v) is 9.69. The van der Waals surface area contributed by atoms with E-state index >= 15 is 0 Å². The van der Waals surface area contributed by atoms with Gasteiger partial charge in [0, 0.05) is 67.4 Å². The van der Waals surface area contributed by atoms with Crippen LogP contribution in [0, 0.1) is 0 Å². The van der Waals surface area contributed by atoms with Gasteiger partial charge >= 0.3 is 6.09 Å². The zero-order valence-corrected chi connectivity index (χ0v) is 28.4. The van der Waals surface area contributed by atoms with Crippen LogP contribution in [0.1, 0.15) is 24.2 Å². The van der Waals surface area contributed by atoms with Gasteiger partial charge in [0.15, 0.2) is 5.60 Å². The maximum Gasteiger partial charge on any atom is 0.407 e. The first-order valence-electron chi connectivity index (χ1n) is 15.8. The van der Waals surface area contributed by atoms with Crippen LogP contribution < -0.4 is 25.4 Å². The molecular formula is C34H34Cl2N8O5. The molecule has 15 heteroatoms. The molecule has 0 bridgehead atoms. The number of aromatic nitrogens is 4. The molecule has 3 fully saturated rings. The number of likely N-dealkylation sites (tertiary alicyclic amines) is 1. The molecule has 2 amide bonds. The van der Waals surface area contributed by atoms with Crippen molar-refractivity contribution in [1.29, 1.82) is 0 Å². The highest BCUT2D eigenvalue weighted by Crippen LogP contribution is 2.42. The quantitative estimate of drug-likeness (QED) is 0.205. The topological polar surface area (TPSA) is 153 Å². The molecule has 254 valence electrons. The zero-order chi connectivity index (χ0) is 34.1. The number of hydrogen-bond donors (Lipinski definition) is 3. The number of hydrogen-bond acceptors (Lipinski definition) is 11. The number of carbonyl (C=O) groups is 2. The van der Waals surface area contributed by atoms with Gasteiger partial charge in [-0.1, -0.05) is 59.6 Å². The number of amides is 2. The van der Waals surface area contributed by atoms with Crippen molar-refractivity contribution in [3.8, 4) is 45.4 Å². The molecule has 0 aliphatic carbocycles. The Balaban J connectivity index is 1.10. The molecule has 7 rings (SSSR count). The normalized spacial score (nSPS) is 18.2. The Kier molecular flexibility index (Phi) is 9.25. The fourth-order valence-electron chi connectivity index (χ4n) is 6.45. The molecule has 49 heavy (non-hydrogen) atoms. The number of nitrogens with zero attached hydrogens (tertiary/aromatic N) is 5. The van der Waals surface area contributed by atoms with Gasteiger partial charge in [-0.2, -0.15) is 0 Å². The number of halogens is 2. The molecule has 2 aromatic heterocycles. The van der Waals surface area contributed by atoms with Crippen molar-refractivity contribution in [3.05, 3.63) is 70.2 Å². The van der Waals surface area contributed by atoms with E-state index in [1.165, 1.54) is 0 Å².